The number of benzene rings is 1. The fourth-order valence-corrected chi connectivity index (χ4v) is 1.34. The summed E-state index contributed by atoms with van der Waals surface area (Å²) in [4.78, 5) is 12.4. The van der Waals surface area contributed by atoms with E-state index < -0.39 is 0 Å². The lowest BCUT2D eigenvalue weighted by molar-refractivity contribution is -0.525. The van der Waals surface area contributed by atoms with Crippen molar-refractivity contribution < 1.29 is 9.22 Å². The van der Waals surface area contributed by atoms with Crippen LogP contribution in [0, 0.1) is 0 Å². The van der Waals surface area contributed by atoms with Gasteiger partial charge >= 0.3 is 0 Å². The molecule has 2 rings (SSSR count). The first kappa shape index (κ1) is 9.20. The maximum atomic E-state index is 11.5. The first-order valence-corrected chi connectivity index (χ1v) is 4.20. The Morgan fingerprint density at radius 3 is 2.87 bits per heavy atom. The smallest absolute Gasteiger partial charge is 0.221 e. The molecule has 0 saturated carbocycles. The number of fused-ring (bicyclic) bond motifs is 1. The largest absolute Gasteiger partial charge is 0.459 e. The maximum absolute atomic E-state index is 11.5. The predicted octanol–water partition coefficient (Wildman–Crippen LogP) is 0.637. The molecule has 0 atom stereocenters. The molecule has 1 aromatic heterocycles. The van der Waals surface area contributed by atoms with E-state index in [1.54, 1.807) is 18.2 Å². The van der Waals surface area contributed by atoms with Gasteiger partial charge in [0, 0.05) is 6.07 Å². The highest BCUT2D eigenvalue weighted by Gasteiger charge is 2.11. The molecule has 0 fully saturated rings. The summed E-state index contributed by atoms with van der Waals surface area (Å²) < 4.78 is 5.21. The molecule has 6 nitrogen and oxygen atoms in total. The Morgan fingerprint density at radius 1 is 1.33 bits per heavy atom. The van der Waals surface area contributed by atoms with E-state index in [0.29, 0.717) is 16.7 Å². The quantitative estimate of drug-likeness (QED) is 0.309. The van der Waals surface area contributed by atoms with Crippen molar-refractivity contribution in [3.05, 3.63) is 40.8 Å². The SMILES string of the molecule is NN=[N+](N)c1cccc2c(=O)ccoc12. The van der Waals surface area contributed by atoms with Crippen LogP contribution in [0.3, 0.4) is 0 Å². The number of hydrazine groups is 1. The number of nitrogens with zero attached hydrogens (tertiary/aromatic N) is 2. The van der Waals surface area contributed by atoms with Crippen LogP contribution in [-0.2, 0) is 0 Å². The molecule has 0 bridgehead atoms. The summed E-state index contributed by atoms with van der Waals surface area (Å²) in [7, 11) is 0. The van der Waals surface area contributed by atoms with E-state index in [4.69, 9.17) is 16.1 Å². The molecule has 1 heterocycles. The van der Waals surface area contributed by atoms with Gasteiger partial charge in [0.1, 0.15) is 5.22 Å². The lowest BCUT2D eigenvalue weighted by Gasteiger charge is -1.99. The summed E-state index contributed by atoms with van der Waals surface area (Å²) in [5.41, 5.74) is 0.665. The fourth-order valence-electron chi connectivity index (χ4n) is 1.34. The van der Waals surface area contributed by atoms with E-state index in [9.17, 15) is 4.79 Å². The van der Waals surface area contributed by atoms with Crippen molar-refractivity contribution in [1.82, 2.24) is 0 Å². The summed E-state index contributed by atoms with van der Waals surface area (Å²) in [6.45, 7) is 0. The van der Waals surface area contributed by atoms with Crippen LogP contribution in [0.5, 0.6) is 0 Å². The topological polar surface area (TPSA) is 97.6 Å². The molecule has 6 heteroatoms. The Morgan fingerprint density at radius 2 is 2.13 bits per heavy atom. The van der Waals surface area contributed by atoms with E-state index in [1.807, 2.05) is 0 Å². The van der Waals surface area contributed by atoms with Gasteiger partial charge in [-0.2, -0.15) is 5.84 Å². The Kier molecular flexibility index (Phi) is 2.09. The fraction of sp³-hybridized carbons (Fsp3) is 0. The average Bonchev–Trinajstić information content (AvgIpc) is 2.28. The zero-order valence-electron chi connectivity index (χ0n) is 7.75. The van der Waals surface area contributed by atoms with Crippen molar-refractivity contribution in [2.75, 3.05) is 0 Å². The highest BCUT2D eigenvalue weighted by molar-refractivity contribution is 5.84. The summed E-state index contributed by atoms with van der Waals surface area (Å²) in [5, 5.41) is 3.73. The van der Waals surface area contributed by atoms with Gasteiger partial charge in [0.2, 0.25) is 5.69 Å². The Balaban J connectivity index is 2.89. The van der Waals surface area contributed by atoms with Crippen LogP contribution < -0.4 is 17.1 Å². The van der Waals surface area contributed by atoms with E-state index in [-0.39, 0.29) is 5.43 Å². The van der Waals surface area contributed by atoms with Crippen LogP contribution >= 0.6 is 0 Å². The van der Waals surface area contributed by atoms with Crippen LogP contribution in [0.4, 0.5) is 5.69 Å². The normalized spacial score (nSPS) is 11.9. The second-order valence-corrected chi connectivity index (χ2v) is 2.90. The number of rotatable bonds is 1. The van der Waals surface area contributed by atoms with Gasteiger partial charge in [-0.3, -0.25) is 4.79 Å². The van der Waals surface area contributed by atoms with Gasteiger partial charge in [0.15, 0.2) is 11.0 Å². The van der Waals surface area contributed by atoms with Crippen LogP contribution in [0.1, 0.15) is 0 Å². The lowest BCUT2D eigenvalue weighted by atomic mass is 10.2. The summed E-state index contributed by atoms with van der Waals surface area (Å²) in [6.07, 6.45) is 1.30. The molecular weight excluding hydrogens is 196 g/mol. The van der Waals surface area contributed by atoms with Gasteiger partial charge in [-0.1, -0.05) is 6.07 Å². The molecule has 0 saturated heterocycles. The van der Waals surface area contributed by atoms with E-state index in [1.165, 1.54) is 12.3 Å². The minimum absolute atomic E-state index is 0.136. The molecule has 0 aliphatic rings. The van der Waals surface area contributed by atoms with Gasteiger partial charge in [0.05, 0.1) is 11.6 Å². The number of hydrogen-bond donors (Lipinski definition) is 2. The van der Waals surface area contributed by atoms with Gasteiger partial charge in [-0.05, 0) is 16.9 Å². The molecule has 2 aromatic rings. The van der Waals surface area contributed by atoms with Crippen molar-refractivity contribution in [1.29, 1.82) is 0 Å². The molecule has 0 aliphatic carbocycles. The van der Waals surface area contributed by atoms with Crippen LogP contribution in [-0.4, -0.2) is 4.81 Å². The number of para-hydroxylation sites is 1. The third kappa shape index (κ3) is 1.41. The molecule has 0 radical (unpaired) electrons. The monoisotopic (exact) mass is 205 g/mol. The van der Waals surface area contributed by atoms with Crippen molar-refractivity contribution in [3.8, 4) is 0 Å². The molecule has 15 heavy (non-hydrogen) atoms. The van der Waals surface area contributed by atoms with E-state index in [0.717, 1.165) is 4.81 Å². The molecular formula is C9H9N4O2+. The third-order valence-electron chi connectivity index (χ3n) is 2.04. The molecule has 1 aromatic carbocycles. The van der Waals surface area contributed by atoms with Crippen LogP contribution in [0.2, 0.25) is 0 Å². The Bertz CT molecular complexity index is 588. The highest BCUT2D eigenvalue weighted by atomic mass is 16.3. The average molecular weight is 205 g/mol. The lowest BCUT2D eigenvalue weighted by Crippen LogP contribution is -2.14. The molecule has 0 amide bonds. The Hall–Kier alpha value is -2.37. The maximum Gasteiger partial charge on any atom is 0.221 e. The van der Waals surface area contributed by atoms with E-state index >= 15 is 0 Å². The van der Waals surface area contributed by atoms with Crippen LogP contribution in [0.15, 0.2) is 45.0 Å². The third-order valence-corrected chi connectivity index (χ3v) is 2.04. The van der Waals surface area contributed by atoms with Crippen molar-refractivity contribution in [3.63, 3.8) is 0 Å². The number of nitrogens with two attached hydrogens (primary N) is 2. The Labute approximate surface area is 84.4 Å². The van der Waals surface area contributed by atoms with Crippen molar-refractivity contribution >= 4 is 16.7 Å². The zero-order chi connectivity index (χ0) is 10.8. The first-order chi connectivity index (χ1) is 7.24. The standard InChI is InChI=1S/C9H8N4O2/c10-12-13(11)7-3-1-2-6-8(14)4-5-15-9(6)7/h1-5,10H,11H2/p+1. The van der Waals surface area contributed by atoms with Gasteiger partial charge < -0.3 is 4.42 Å². The summed E-state index contributed by atoms with van der Waals surface area (Å²) in [6, 6.07) is 6.32. The summed E-state index contributed by atoms with van der Waals surface area (Å²) in [5.74, 6) is 10.5. The minimum atomic E-state index is -0.136. The van der Waals surface area contributed by atoms with Crippen molar-refractivity contribution in [2.24, 2.45) is 16.9 Å². The van der Waals surface area contributed by atoms with Gasteiger partial charge in [0.25, 0.3) is 0 Å². The van der Waals surface area contributed by atoms with Gasteiger partial charge in [-0.15, -0.1) is 0 Å². The summed E-state index contributed by atoms with van der Waals surface area (Å²) >= 11 is 0. The molecule has 0 aliphatic heterocycles. The second kappa shape index (κ2) is 3.41. The molecule has 76 valence electrons. The minimum Gasteiger partial charge on any atom is -0.459 e. The van der Waals surface area contributed by atoms with Crippen LogP contribution in [0.25, 0.3) is 11.0 Å². The first-order valence-electron chi connectivity index (χ1n) is 4.20. The molecule has 0 unspecified atom stereocenters. The highest BCUT2D eigenvalue weighted by Crippen LogP contribution is 2.21. The number of hydrogen-bond acceptors (Lipinski definition) is 3. The second-order valence-electron chi connectivity index (χ2n) is 2.90. The molecule has 0 spiro atoms. The zero-order valence-corrected chi connectivity index (χ0v) is 7.75. The molecule has 4 N–H and O–H groups in total. The van der Waals surface area contributed by atoms with Gasteiger partial charge in [-0.25, -0.2) is 5.84 Å². The van der Waals surface area contributed by atoms with E-state index in [2.05, 4.69) is 5.22 Å². The van der Waals surface area contributed by atoms with Crippen molar-refractivity contribution in [2.45, 2.75) is 0 Å². The predicted molar refractivity (Wildman–Crippen MR) is 53.2 cm³/mol.